The van der Waals surface area contributed by atoms with Crippen LogP contribution >= 0.6 is 11.8 Å². The highest BCUT2D eigenvalue weighted by atomic mass is 32.2. The normalized spacial score (nSPS) is 21.6. The van der Waals surface area contributed by atoms with Crippen molar-refractivity contribution in [2.75, 3.05) is 11.9 Å². The SMILES string of the molecule is CC(C)(C)[Si](C)(C)O[C@@H]1C(=O)[C@@H](CO)S[C@H]1n1ccc(NC(=O)c2ccccc2)nc1=O. The number of thioether (sulfide) groups is 1. The van der Waals surface area contributed by atoms with Gasteiger partial charge in [-0.15, -0.1) is 11.8 Å². The Morgan fingerprint density at radius 1 is 1.22 bits per heavy atom. The second-order valence-corrected chi connectivity index (χ2v) is 15.3. The standard InChI is InChI=1S/C22H29N3O5SSi/c1-22(2,3)32(4,5)30-18-17(27)15(13-26)31-20(18)25-12-11-16(24-21(25)29)23-19(28)14-9-7-6-8-10-14/h6-12,15,18,20,26H,13H2,1-5H3,(H,23,24,28,29)/t15-,18-,20-/m1/s1. The van der Waals surface area contributed by atoms with Crippen LogP contribution < -0.4 is 11.0 Å². The van der Waals surface area contributed by atoms with E-state index in [9.17, 15) is 19.5 Å². The number of aliphatic hydroxyl groups is 1. The summed E-state index contributed by atoms with van der Waals surface area (Å²) in [6, 6.07) is 10.1. The van der Waals surface area contributed by atoms with Gasteiger partial charge in [0.05, 0.1) is 11.9 Å². The van der Waals surface area contributed by atoms with Gasteiger partial charge in [0.25, 0.3) is 5.91 Å². The van der Waals surface area contributed by atoms with Gasteiger partial charge < -0.3 is 14.8 Å². The van der Waals surface area contributed by atoms with E-state index in [2.05, 4.69) is 31.1 Å². The molecule has 0 saturated carbocycles. The van der Waals surface area contributed by atoms with Crippen LogP contribution in [0.3, 0.4) is 0 Å². The fourth-order valence-corrected chi connectivity index (χ4v) is 5.69. The first-order valence-electron chi connectivity index (χ1n) is 10.4. The van der Waals surface area contributed by atoms with Crippen LogP contribution in [0.4, 0.5) is 5.82 Å². The minimum atomic E-state index is -2.32. The number of carbonyl (C=O) groups excluding carboxylic acids is 2. The molecule has 0 radical (unpaired) electrons. The van der Waals surface area contributed by atoms with E-state index in [1.54, 1.807) is 30.3 Å². The number of amides is 1. The summed E-state index contributed by atoms with van der Waals surface area (Å²) in [5, 5.41) is 10.8. The summed E-state index contributed by atoms with van der Waals surface area (Å²) in [5.74, 6) is -0.476. The van der Waals surface area contributed by atoms with E-state index in [0.717, 1.165) is 0 Å². The number of aliphatic hydroxyl groups excluding tert-OH is 1. The van der Waals surface area contributed by atoms with E-state index in [-0.39, 0.29) is 29.2 Å². The monoisotopic (exact) mass is 475 g/mol. The van der Waals surface area contributed by atoms with Crippen LogP contribution in [0.15, 0.2) is 47.4 Å². The average molecular weight is 476 g/mol. The molecular weight excluding hydrogens is 446 g/mol. The Hall–Kier alpha value is -2.27. The zero-order valence-electron chi connectivity index (χ0n) is 18.9. The highest BCUT2D eigenvalue weighted by Gasteiger charge is 2.50. The number of benzene rings is 1. The molecule has 0 spiro atoms. The Balaban J connectivity index is 1.87. The summed E-state index contributed by atoms with van der Waals surface area (Å²) in [7, 11) is -2.32. The van der Waals surface area contributed by atoms with Crippen molar-refractivity contribution < 1.29 is 19.1 Å². The second-order valence-electron chi connectivity index (χ2n) is 9.22. The van der Waals surface area contributed by atoms with Gasteiger partial charge in [-0.1, -0.05) is 39.0 Å². The van der Waals surface area contributed by atoms with Gasteiger partial charge in [0.1, 0.15) is 17.3 Å². The highest BCUT2D eigenvalue weighted by Crippen LogP contribution is 2.45. The summed E-state index contributed by atoms with van der Waals surface area (Å²) < 4.78 is 7.72. The van der Waals surface area contributed by atoms with E-state index in [4.69, 9.17) is 4.43 Å². The maximum absolute atomic E-state index is 12.9. The summed E-state index contributed by atoms with van der Waals surface area (Å²) in [4.78, 5) is 42.1. The summed E-state index contributed by atoms with van der Waals surface area (Å²) in [5.41, 5.74) is -0.160. The molecule has 0 unspecified atom stereocenters. The third kappa shape index (κ3) is 5.03. The number of nitrogens with zero attached hydrogens (tertiary/aromatic N) is 2. The maximum atomic E-state index is 12.9. The van der Waals surface area contributed by atoms with Gasteiger partial charge in [0, 0.05) is 11.8 Å². The third-order valence-electron chi connectivity index (χ3n) is 5.94. The van der Waals surface area contributed by atoms with Gasteiger partial charge in [-0.3, -0.25) is 14.2 Å². The predicted octanol–water partition coefficient (Wildman–Crippen LogP) is 3.06. The van der Waals surface area contributed by atoms with Gasteiger partial charge in [-0.25, -0.2) is 4.79 Å². The zero-order valence-corrected chi connectivity index (χ0v) is 20.7. The number of carbonyl (C=O) groups is 2. The number of nitrogens with one attached hydrogen (secondary N) is 1. The molecule has 10 heteroatoms. The Bertz CT molecular complexity index is 1050. The molecule has 0 bridgehead atoms. The van der Waals surface area contributed by atoms with Gasteiger partial charge in [-0.05, 0) is 36.3 Å². The number of Topliss-reactive ketones (excluding diaryl/α,β-unsaturated/α-hetero) is 1. The molecule has 1 fully saturated rings. The lowest BCUT2D eigenvalue weighted by Gasteiger charge is -2.39. The first-order valence-corrected chi connectivity index (χ1v) is 14.2. The summed E-state index contributed by atoms with van der Waals surface area (Å²) in [6.07, 6.45) is 0.644. The van der Waals surface area contributed by atoms with Crippen molar-refractivity contribution in [1.29, 1.82) is 0 Å². The van der Waals surface area contributed by atoms with Crippen LogP contribution in [-0.2, 0) is 9.22 Å². The van der Waals surface area contributed by atoms with E-state index in [1.807, 2.05) is 13.1 Å². The van der Waals surface area contributed by atoms with Crippen molar-refractivity contribution in [3.63, 3.8) is 0 Å². The fraction of sp³-hybridized carbons (Fsp3) is 0.455. The molecule has 1 aliphatic rings. The first-order chi connectivity index (χ1) is 14.9. The Labute approximate surface area is 192 Å². The van der Waals surface area contributed by atoms with Gasteiger partial charge in [-0.2, -0.15) is 4.98 Å². The number of aromatic nitrogens is 2. The van der Waals surface area contributed by atoms with E-state index in [0.29, 0.717) is 5.56 Å². The predicted molar refractivity (Wildman–Crippen MR) is 127 cm³/mol. The molecule has 172 valence electrons. The van der Waals surface area contributed by atoms with E-state index >= 15 is 0 Å². The van der Waals surface area contributed by atoms with Crippen molar-refractivity contribution in [2.45, 2.75) is 55.6 Å². The molecule has 3 rings (SSSR count). The van der Waals surface area contributed by atoms with Gasteiger partial charge >= 0.3 is 5.69 Å². The van der Waals surface area contributed by atoms with Crippen LogP contribution in [-0.4, -0.2) is 52.6 Å². The first kappa shape index (κ1) is 24.4. The molecule has 2 N–H and O–H groups in total. The molecular formula is C22H29N3O5SSi. The van der Waals surface area contributed by atoms with Crippen LogP contribution in [0.5, 0.6) is 0 Å². The van der Waals surface area contributed by atoms with Crippen molar-refractivity contribution in [3.05, 3.63) is 58.6 Å². The lowest BCUT2D eigenvalue weighted by atomic mass is 10.2. The van der Waals surface area contributed by atoms with Gasteiger partial charge in [0.2, 0.25) is 0 Å². The molecule has 2 heterocycles. The minimum Gasteiger partial charge on any atom is -0.404 e. The number of rotatable bonds is 6. The lowest BCUT2D eigenvalue weighted by Crippen LogP contribution is -2.48. The topological polar surface area (TPSA) is 111 Å². The number of hydrogen-bond donors (Lipinski definition) is 2. The molecule has 1 aromatic heterocycles. The third-order valence-corrected chi connectivity index (χ3v) is 11.9. The molecule has 3 atom stereocenters. The lowest BCUT2D eigenvalue weighted by molar-refractivity contribution is -0.126. The molecule has 2 aromatic rings. The van der Waals surface area contributed by atoms with Crippen LogP contribution in [0.1, 0.15) is 36.5 Å². The van der Waals surface area contributed by atoms with Crippen LogP contribution in [0, 0.1) is 0 Å². The van der Waals surface area contributed by atoms with Crippen LogP contribution in [0.25, 0.3) is 0 Å². The molecule has 1 amide bonds. The summed E-state index contributed by atoms with van der Waals surface area (Å²) >= 11 is 1.20. The van der Waals surface area contributed by atoms with E-state index in [1.165, 1.54) is 28.6 Å². The van der Waals surface area contributed by atoms with Crippen LogP contribution in [0.2, 0.25) is 18.1 Å². The minimum absolute atomic E-state index is 0.120. The largest absolute Gasteiger partial charge is 0.404 e. The molecule has 32 heavy (non-hydrogen) atoms. The Morgan fingerprint density at radius 2 is 1.88 bits per heavy atom. The quantitative estimate of drug-likeness (QED) is 0.618. The smallest absolute Gasteiger partial charge is 0.350 e. The Morgan fingerprint density at radius 3 is 2.44 bits per heavy atom. The second kappa shape index (κ2) is 9.30. The molecule has 1 aliphatic heterocycles. The maximum Gasteiger partial charge on any atom is 0.350 e. The van der Waals surface area contributed by atoms with Crippen molar-refractivity contribution in [3.8, 4) is 0 Å². The fourth-order valence-electron chi connectivity index (χ4n) is 3.04. The van der Waals surface area contributed by atoms with E-state index < -0.39 is 30.7 Å². The van der Waals surface area contributed by atoms with Crippen molar-refractivity contribution in [1.82, 2.24) is 9.55 Å². The van der Waals surface area contributed by atoms with Crippen molar-refractivity contribution >= 4 is 37.6 Å². The molecule has 1 saturated heterocycles. The molecule has 0 aliphatic carbocycles. The average Bonchev–Trinajstić information content (AvgIpc) is 3.03. The van der Waals surface area contributed by atoms with Crippen molar-refractivity contribution in [2.24, 2.45) is 0 Å². The number of anilines is 1. The number of ketones is 1. The Kier molecular flexibility index (Phi) is 7.08. The number of hydrogen-bond acceptors (Lipinski definition) is 7. The highest BCUT2D eigenvalue weighted by molar-refractivity contribution is 8.01. The summed E-state index contributed by atoms with van der Waals surface area (Å²) in [6.45, 7) is 9.96. The molecule has 1 aromatic carbocycles. The van der Waals surface area contributed by atoms with Gasteiger partial charge in [0.15, 0.2) is 14.1 Å². The zero-order chi connectivity index (χ0) is 23.7. The molecule has 8 nitrogen and oxygen atoms in total.